The van der Waals surface area contributed by atoms with Crippen LogP contribution in [0, 0.1) is 29.5 Å². The Labute approximate surface area is 99.2 Å². The molecule has 1 aliphatic carbocycles. The molecule has 0 radical (unpaired) electrons. The van der Waals surface area contributed by atoms with Crippen molar-refractivity contribution in [2.45, 2.75) is 26.2 Å². The smallest absolute Gasteiger partial charge is 0.244 e. The van der Waals surface area contributed by atoms with Crippen molar-refractivity contribution in [2.24, 2.45) is 5.41 Å². The Morgan fingerprint density at radius 2 is 2.24 bits per heavy atom. The molecule has 0 bridgehead atoms. The first-order valence-corrected chi connectivity index (χ1v) is 5.56. The number of nitrogens with one attached hydrogen (secondary N) is 1. The molecule has 1 aromatic carbocycles. The summed E-state index contributed by atoms with van der Waals surface area (Å²) < 4.78 is 13.5. The Kier molecular flexibility index (Phi) is 2.84. The summed E-state index contributed by atoms with van der Waals surface area (Å²) in [6.07, 6.45) is 1.99. The van der Waals surface area contributed by atoms with E-state index < -0.39 is 17.1 Å². The molecule has 17 heavy (non-hydrogen) atoms. The highest BCUT2D eigenvalue weighted by molar-refractivity contribution is 5.97. The largest absolute Gasteiger partial charge is 0.322 e. The minimum Gasteiger partial charge on any atom is -0.322 e. The molecule has 1 fully saturated rings. The lowest BCUT2D eigenvalue weighted by Crippen LogP contribution is -2.40. The van der Waals surface area contributed by atoms with E-state index in [0.29, 0.717) is 12.8 Å². The summed E-state index contributed by atoms with van der Waals surface area (Å²) in [4.78, 5) is 11.9. The van der Waals surface area contributed by atoms with E-state index in [2.05, 4.69) is 5.32 Å². The predicted molar refractivity (Wildman–Crippen MR) is 61.7 cm³/mol. The summed E-state index contributed by atoms with van der Waals surface area (Å²) >= 11 is 0. The standard InChI is InChI=1S/C13H13FN2O/c1-9-3-4-11(10(14)7-9)16-12(17)13(8-15)5-2-6-13/h3-4,7H,2,5-6H2,1H3,(H,16,17). The summed E-state index contributed by atoms with van der Waals surface area (Å²) in [6.45, 7) is 1.78. The molecule has 0 saturated heterocycles. The number of amides is 1. The second kappa shape index (κ2) is 4.17. The molecule has 0 aromatic heterocycles. The van der Waals surface area contributed by atoms with Gasteiger partial charge in [-0.15, -0.1) is 0 Å². The number of nitriles is 1. The molecule has 0 aliphatic heterocycles. The van der Waals surface area contributed by atoms with Crippen LogP contribution in [0.25, 0.3) is 0 Å². The van der Waals surface area contributed by atoms with Crippen LogP contribution in [0.4, 0.5) is 10.1 Å². The Bertz CT molecular complexity index is 501. The van der Waals surface area contributed by atoms with Crippen molar-refractivity contribution >= 4 is 11.6 Å². The van der Waals surface area contributed by atoms with Gasteiger partial charge in [0.05, 0.1) is 11.8 Å². The molecule has 2 rings (SSSR count). The number of hydrogen-bond acceptors (Lipinski definition) is 2. The van der Waals surface area contributed by atoms with E-state index in [1.54, 1.807) is 13.0 Å². The van der Waals surface area contributed by atoms with E-state index in [9.17, 15) is 9.18 Å². The normalized spacial score (nSPS) is 16.8. The molecule has 3 nitrogen and oxygen atoms in total. The van der Waals surface area contributed by atoms with Gasteiger partial charge in [0.1, 0.15) is 11.2 Å². The minimum absolute atomic E-state index is 0.141. The average molecular weight is 232 g/mol. The number of rotatable bonds is 2. The maximum Gasteiger partial charge on any atom is 0.244 e. The number of carbonyl (C=O) groups excluding carboxylic acids is 1. The Morgan fingerprint density at radius 3 is 2.71 bits per heavy atom. The quantitative estimate of drug-likeness (QED) is 0.852. The number of carbonyl (C=O) groups is 1. The highest BCUT2D eigenvalue weighted by Gasteiger charge is 2.44. The molecule has 1 aliphatic rings. The molecule has 1 N–H and O–H groups in total. The highest BCUT2D eigenvalue weighted by Crippen LogP contribution is 2.41. The lowest BCUT2D eigenvalue weighted by atomic mass is 9.69. The van der Waals surface area contributed by atoms with Gasteiger partial charge >= 0.3 is 0 Å². The lowest BCUT2D eigenvalue weighted by molar-refractivity contribution is -0.126. The van der Waals surface area contributed by atoms with Crippen LogP contribution in [0.5, 0.6) is 0 Å². The molecule has 0 spiro atoms. The molecular weight excluding hydrogens is 219 g/mol. The van der Waals surface area contributed by atoms with Gasteiger partial charge in [0.2, 0.25) is 5.91 Å². The van der Waals surface area contributed by atoms with Gasteiger partial charge < -0.3 is 5.32 Å². The number of anilines is 1. The van der Waals surface area contributed by atoms with E-state index in [1.807, 2.05) is 6.07 Å². The van der Waals surface area contributed by atoms with Crippen molar-refractivity contribution in [3.8, 4) is 6.07 Å². The Balaban J connectivity index is 2.16. The van der Waals surface area contributed by atoms with Crippen LogP contribution in [0.1, 0.15) is 24.8 Å². The van der Waals surface area contributed by atoms with Crippen LogP contribution in [0.2, 0.25) is 0 Å². The van der Waals surface area contributed by atoms with Gasteiger partial charge in [-0.2, -0.15) is 5.26 Å². The third-order valence-corrected chi connectivity index (χ3v) is 3.23. The van der Waals surface area contributed by atoms with Gasteiger partial charge in [0, 0.05) is 0 Å². The van der Waals surface area contributed by atoms with Crippen molar-refractivity contribution < 1.29 is 9.18 Å². The Morgan fingerprint density at radius 1 is 1.53 bits per heavy atom. The third-order valence-electron chi connectivity index (χ3n) is 3.23. The van der Waals surface area contributed by atoms with Crippen molar-refractivity contribution in [3.05, 3.63) is 29.6 Å². The van der Waals surface area contributed by atoms with E-state index in [0.717, 1.165) is 12.0 Å². The number of aryl methyl sites for hydroxylation is 1. The van der Waals surface area contributed by atoms with Gasteiger partial charge in [-0.25, -0.2) is 4.39 Å². The second-order valence-corrected chi connectivity index (χ2v) is 4.48. The molecule has 0 heterocycles. The van der Waals surface area contributed by atoms with Crippen LogP contribution in [-0.4, -0.2) is 5.91 Å². The topological polar surface area (TPSA) is 52.9 Å². The van der Waals surface area contributed by atoms with Gasteiger partial charge in [0.25, 0.3) is 0 Å². The first-order valence-electron chi connectivity index (χ1n) is 5.56. The van der Waals surface area contributed by atoms with Gasteiger partial charge in [-0.1, -0.05) is 6.07 Å². The average Bonchev–Trinajstić information content (AvgIpc) is 2.21. The molecule has 0 unspecified atom stereocenters. The zero-order chi connectivity index (χ0) is 12.5. The molecular formula is C13H13FN2O. The number of hydrogen-bond donors (Lipinski definition) is 1. The van der Waals surface area contributed by atoms with Crippen LogP contribution in [0.3, 0.4) is 0 Å². The first-order chi connectivity index (χ1) is 8.07. The zero-order valence-electron chi connectivity index (χ0n) is 9.59. The summed E-state index contributed by atoms with van der Waals surface area (Å²) in [5, 5.41) is 11.5. The first kappa shape index (κ1) is 11.6. The fourth-order valence-electron chi connectivity index (χ4n) is 1.88. The van der Waals surface area contributed by atoms with E-state index >= 15 is 0 Å². The minimum atomic E-state index is -0.947. The van der Waals surface area contributed by atoms with E-state index in [4.69, 9.17) is 5.26 Å². The SMILES string of the molecule is Cc1ccc(NC(=O)C2(C#N)CCC2)c(F)c1. The molecule has 1 amide bonds. The number of halogens is 1. The van der Waals surface area contributed by atoms with Crippen molar-refractivity contribution in [2.75, 3.05) is 5.32 Å². The molecule has 1 aromatic rings. The van der Waals surface area contributed by atoms with Crippen molar-refractivity contribution in [1.82, 2.24) is 0 Å². The zero-order valence-corrected chi connectivity index (χ0v) is 9.59. The molecule has 0 atom stereocenters. The van der Waals surface area contributed by atoms with Crippen LogP contribution in [0.15, 0.2) is 18.2 Å². The van der Waals surface area contributed by atoms with Gasteiger partial charge in [-0.05, 0) is 43.9 Å². The van der Waals surface area contributed by atoms with Gasteiger partial charge in [-0.3, -0.25) is 4.79 Å². The summed E-state index contributed by atoms with van der Waals surface area (Å²) in [7, 11) is 0. The number of benzene rings is 1. The fourth-order valence-corrected chi connectivity index (χ4v) is 1.88. The monoisotopic (exact) mass is 232 g/mol. The summed E-state index contributed by atoms with van der Waals surface area (Å²) in [6, 6.07) is 6.63. The van der Waals surface area contributed by atoms with E-state index in [1.165, 1.54) is 12.1 Å². The maximum absolute atomic E-state index is 13.5. The van der Waals surface area contributed by atoms with E-state index in [-0.39, 0.29) is 5.69 Å². The van der Waals surface area contributed by atoms with Crippen LogP contribution >= 0.6 is 0 Å². The summed E-state index contributed by atoms with van der Waals surface area (Å²) in [5.41, 5.74) is -0.0154. The molecule has 88 valence electrons. The molecule has 1 saturated carbocycles. The lowest BCUT2D eigenvalue weighted by Gasteiger charge is -2.33. The van der Waals surface area contributed by atoms with Crippen LogP contribution in [-0.2, 0) is 4.79 Å². The van der Waals surface area contributed by atoms with Crippen molar-refractivity contribution in [3.63, 3.8) is 0 Å². The third kappa shape index (κ3) is 2.01. The number of nitrogens with zero attached hydrogens (tertiary/aromatic N) is 1. The maximum atomic E-state index is 13.5. The fraction of sp³-hybridized carbons (Fsp3) is 0.385. The Hall–Kier alpha value is -1.89. The second-order valence-electron chi connectivity index (χ2n) is 4.48. The van der Waals surface area contributed by atoms with Crippen LogP contribution < -0.4 is 5.32 Å². The van der Waals surface area contributed by atoms with Gasteiger partial charge in [0.15, 0.2) is 0 Å². The van der Waals surface area contributed by atoms with Crippen molar-refractivity contribution in [1.29, 1.82) is 5.26 Å². The predicted octanol–water partition coefficient (Wildman–Crippen LogP) is 2.77. The summed E-state index contributed by atoms with van der Waals surface area (Å²) in [5.74, 6) is -0.861. The molecule has 4 heteroatoms. The highest BCUT2D eigenvalue weighted by atomic mass is 19.1.